The molecule has 0 spiro atoms. The van der Waals surface area contributed by atoms with Gasteiger partial charge in [-0.05, 0) is 117 Å². The maximum Gasteiger partial charge on any atom is 0.135 e. The van der Waals surface area contributed by atoms with Crippen LogP contribution in [-0.4, -0.2) is 11.4 Å². The number of rotatable bonds is 32. The van der Waals surface area contributed by atoms with Crippen LogP contribution >= 0.6 is 0 Å². The van der Waals surface area contributed by atoms with Crippen LogP contribution in [0.2, 0.25) is 0 Å². The largest absolute Gasteiger partial charge is 0.251 e. The van der Waals surface area contributed by atoms with Gasteiger partial charge in [0.15, 0.2) is 0 Å². The molecule has 2 nitrogen and oxygen atoms in total. The number of hydrogen-bond donors (Lipinski definition) is 0. The topological polar surface area (TPSA) is 24.7 Å². The van der Waals surface area contributed by atoms with Crippen molar-refractivity contribution < 1.29 is 16.5 Å². The second kappa shape index (κ2) is 35.0. The van der Waals surface area contributed by atoms with Gasteiger partial charge in [0.2, 0.25) is 0 Å². The third-order valence-corrected chi connectivity index (χ3v) is 11.1. The molecule has 0 aromatic heterocycles. The van der Waals surface area contributed by atoms with E-state index in [4.69, 9.17) is 9.98 Å². The van der Waals surface area contributed by atoms with Crippen molar-refractivity contribution in [1.29, 1.82) is 0 Å². The first-order valence-electron chi connectivity index (χ1n) is 23.4. The SMILES string of the molecule is CCCCCCCCCCCCCCCCCCCC#CC(=N\c1ccc(CCCC)c(CCCC)c1)/C(C)=N/c1ccc(CCCC)c(CCCC)c1.[Ni]. The fraction of sp³-hybridized carbons (Fsp3) is 0.692. The molecule has 0 heterocycles. The van der Waals surface area contributed by atoms with Crippen molar-refractivity contribution in [2.45, 2.75) is 234 Å². The van der Waals surface area contributed by atoms with Gasteiger partial charge in [-0.1, -0.05) is 181 Å². The van der Waals surface area contributed by atoms with Crippen molar-refractivity contribution in [3.63, 3.8) is 0 Å². The molecule has 0 aliphatic rings. The zero-order valence-electron chi connectivity index (χ0n) is 36.9. The third kappa shape index (κ3) is 24.3. The van der Waals surface area contributed by atoms with Crippen LogP contribution in [0.4, 0.5) is 11.4 Å². The predicted octanol–water partition coefficient (Wildman–Crippen LogP) is 17.0. The van der Waals surface area contributed by atoms with Crippen LogP contribution < -0.4 is 0 Å². The summed E-state index contributed by atoms with van der Waals surface area (Å²) in [5.74, 6) is 7.03. The van der Waals surface area contributed by atoms with Crippen molar-refractivity contribution in [3.8, 4) is 11.8 Å². The van der Waals surface area contributed by atoms with E-state index < -0.39 is 0 Å². The van der Waals surface area contributed by atoms with Crippen molar-refractivity contribution in [2.75, 3.05) is 0 Å². The summed E-state index contributed by atoms with van der Waals surface area (Å²) in [7, 11) is 0. The van der Waals surface area contributed by atoms with Gasteiger partial charge in [0.05, 0.1) is 17.1 Å². The monoisotopic (exact) mass is 795 g/mol. The van der Waals surface area contributed by atoms with Crippen LogP contribution in [0.1, 0.15) is 231 Å². The summed E-state index contributed by atoms with van der Waals surface area (Å²) in [6.07, 6.45) is 39.0. The zero-order valence-corrected chi connectivity index (χ0v) is 37.9. The first kappa shape index (κ1) is 50.9. The molecule has 2 aromatic carbocycles. The summed E-state index contributed by atoms with van der Waals surface area (Å²) in [6, 6.07) is 13.7. The fourth-order valence-electron chi connectivity index (χ4n) is 7.45. The summed E-state index contributed by atoms with van der Waals surface area (Å²) < 4.78 is 0. The van der Waals surface area contributed by atoms with E-state index in [-0.39, 0.29) is 16.5 Å². The van der Waals surface area contributed by atoms with E-state index in [1.54, 1.807) is 0 Å². The third-order valence-electron chi connectivity index (χ3n) is 11.1. The number of hydrogen-bond acceptors (Lipinski definition) is 2. The minimum absolute atomic E-state index is 0. The number of aryl methyl sites for hydroxylation is 4. The molecule has 0 N–H and O–H groups in total. The molecular weight excluding hydrogens is 711 g/mol. The van der Waals surface area contributed by atoms with Crippen molar-refractivity contribution in [2.24, 2.45) is 9.98 Å². The molecule has 0 fully saturated rings. The maximum atomic E-state index is 5.20. The molecule has 0 unspecified atom stereocenters. The van der Waals surface area contributed by atoms with Crippen LogP contribution in [0.5, 0.6) is 0 Å². The zero-order chi connectivity index (χ0) is 38.9. The minimum atomic E-state index is 0. The smallest absolute Gasteiger partial charge is 0.135 e. The average molecular weight is 796 g/mol. The summed E-state index contributed by atoms with van der Waals surface area (Å²) >= 11 is 0. The van der Waals surface area contributed by atoms with Gasteiger partial charge in [0, 0.05) is 22.9 Å². The number of benzene rings is 2. The molecule has 0 saturated carbocycles. The second-order valence-electron chi connectivity index (χ2n) is 16.2. The Labute approximate surface area is 352 Å². The Balaban J connectivity index is 0.0000151. The van der Waals surface area contributed by atoms with E-state index in [9.17, 15) is 0 Å². The Kier molecular flexibility index (Phi) is 32.4. The van der Waals surface area contributed by atoms with Crippen LogP contribution in [0.15, 0.2) is 46.4 Å². The first-order valence-corrected chi connectivity index (χ1v) is 23.4. The Morgan fingerprint density at radius 2 is 0.764 bits per heavy atom. The maximum absolute atomic E-state index is 5.20. The first-order chi connectivity index (χ1) is 26.6. The van der Waals surface area contributed by atoms with Crippen LogP contribution in [0.3, 0.4) is 0 Å². The van der Waals surface area contributed by atoms with Gasteiger partial charge < -0.3 is 0 Å². The molecule has 2 rings (SSSR count). The molecule has 0 atom stereocenters. The quantitative estimate of drug-likeness (QED) is 0.0305. The number of aliphatic imine (C=N–C) groups is 2. The van der Waals surface area contributed by atoms with Gasteiger partial charge in [-0.2, -0.15) is 0 Å². The molecule has 55 heavy (non-hydrogen) atoms. The summed E-state index contributed by atoms with van der Waals surface area (Å²) in [5.41, 5.74) is 9.67. The second-order valence-corrected chi connectivity index (χ2v) is 16.2. The molecule has 2 aromatic rings. The molecule has 0 amide bonds. The van der Waals surface area contributed by atoms with Crippen molar-refractivity contribution in [1.82, 2.24) is 0 Å². The summed E-state index contributed by atoms with van der Waals surface area (Å²) in [6.45, 7) is 13.5. The van der Waals surface area contributed by atoms with E-state index >= 15 is 0 Å². The van der Waals surface area contributed by atoms with Gasteiger partial charge in [0.25, 0.3) is 0 Å². The summed E-state index contributed by atoms with van der Waals surface area (Å²) in [5, 5.41) is 0. The van der Waals surface area contributed by atoms with Crippen molar-refractivity contribution >= 4 is 22.8 Å². The Hall–Kier alpha value is -2.17. The minimum Gasteiger partial charge on any atom is -0.251 e. The standard InChI is InChI=1S/C52H84N2.Ni/c1-7-12-17-18-19-20-21-22-23-24-25-26-27-28-29-30-31-32-33-38-52(54-51-42-40-47(35-14-9-3)49(44-51)37-16-11-5)45(6)53-50-41-39-46(34-13-8-2)48(43-50)36-15-10-4;/h39-44H,7-32,34-37H2,1-6H3;/b53-45+,54-52+;. The van der Waals surface area contributed by atoms with E-state index in [0.717, 1.165) is 54.9 Å². The van der Waals surface area contributed by atoms with Crippen molar-refractivity contribution in [3.05, 3.63) is 58.7 Å². The van der Waals surface area contributed by atoms with Gasteiger partial charge in [0.1, 0.15) is 5.71 Å². The average Bonchev–Trinajstić information content (AvgIpc) is 3.18. The van der Waals surface area contributed by atoms with E-state index in [2.05, 4.69) is 89.8 Å². The Morgan fingerprint density at radius 1 is 0.418 bits per heavy atom. The van der Waals surface area contributed by atoms with Gasteiger partial charge in [-0.3, -0.25) is 4.99 Å². The molecule has 0 saturated heterocycles. The fourth-order valence-corrected chi connectivity index (χ4v) is 7.45. The molecule has 0 aliphatic heterocycles. The van der Waals surface area contributed by atoms with E-state index in [1.807, 2.05) is 0 Å². The number of nitrogens with zero attached hydrogens (tertiary/aromatic N) is 2. The predicted molar refractivity (Wildman–Crippen MR) is 244 cm³/mol. The molecular formula is C52H84N2Ni. The van der Waals surface area contributed by atoms with Crippen LogP contribution in [0.25, 0.3) is 0 Å². The summed E-state index contributed by atoms with van der Waals surface area (Å²) in [4.78, 5) is 10.4. The molecule has 0 aliphatic carbocycles. The molecule has 312 valence electrons. The molecule has 3 heteroatoms. The van der Waals surface area contributed by atoms with Crippen LogP contribution in [-0.2, 0) is 42.2 Å². The Morgan fingerprint density at radius 3 is 1.16 bits per heavy atom. The van der Waals surface area contributed by atoms with Crippen LogP contribution in [0, 0.1) is 11.8 Å². The van der Waals surface area contributed by atoms with Gasteiger partial charge in [-0.25, -0.2) is 4.99 Å². The van der Waals surface area contributed by atoms with Gasteiger partial charge >= 0.3 is 0 Å². The Bertz CT molecular complexity index is 1360. The van der Waals surface area contributed by atoms with Gasteiger partial charge in [-0.15, -0.1) is 0 Å². The van der Waals surface area contributed by atoms with E-state index in [1.165, 1.54) is 183 Å². The molecule has 0 bridgehead atoms. The normalized spacial score (nSPS) is 11.7. The molecule has 0 radical (unpaired) electrons. The van der Waals surface area contributed by atoms with E-state index in [0.29, 0.717) is 0 Å². The number of unbranched alkanes of at least 4 members (excludes halogenated alkanes) is 21.